The third-order valence-electron chi connectivity index (χ3n) is 8.09. The Hall–Kier alpha value is -5.77. The zero-order chi connectivity index (χ0) is 35.7. The van der Waals surface area contributed by atoms with Crippen molar-refractivity contribution >= 4 is 56.7 Å². The van der Waals surface area contributed by atoms with E-state index in [1.165, 1.54) is 31.4 Å². The number of carbonyl (C=O) groups is 1. The fourth-order valence-electron chi connectivity index (χ4n) is 5.17. The summed E-state index contributed by atoms with van der Waals surface area (Å²) in [7, 11) is 0. The zero-order valence-electron chi connectivity index (χ0n) is 29.6. The number of nitrogens with zero attached hydrogens (tertiary/aromatic N) is 7. The summed E-state index contributed by atoms with van der Waals surface area (Å²) >= 11 is 0. The lowest BCUT2D eigenvalue weighted by atomic mass is 10.1. The minimum Gasteiger partial charge on any atom is -0.434 e. The highest BCUT2D eigenvalue weighted by Gasteiger charge is 2.08. The number of anilines is 1. The van der Waals surface area contributed by atoms with Crippen LogP contribution in [0.15, 0.2) is 140 Å². The molecule has 0 N–H and O–H groups in total. The maximum absolute atomic E-state index is 11.8. The number of ether oxygens (including phenoxy) is 2. The van der Waals surface area contributed by atoms with Crippen molar-refractivity contribution in [2.45, 2.75) is 59.3 Å². The summed E-state index contributed by atoms with van der Waals surface area (Å²) in [4.78, 5) is 14.3. The van der Waals surface area contributed by atoms with Gasteiger partial charge in [-0.15, -0.1) is 10.2 Å². The van der Waals surface area contributed by atoms with E-state index in [0.717, 1.165) is 48.1 Å². The van der Waals surface area contributed by atoms with Gasteiger partial charge in [0.15, 0.2) is 0 Å². The number of benzene rings is 5. The van der Waals surface area contributed by atoms with E-state index in [-0.39, 0.29) is 0 Å². The maximum Gasteiger partial charge on any atom is 0.513 e. The largest absolute Gasteiger partial charge is 0.513 e. The van der Waals surface area contributed by atoms with Gasteiger partial charge < -0.3 is 14.4 Å². The van der Waals surface area contributed by atoms with Crippen LogP contribution in [-0.4, -0.2) is 25.9 Å². The molecular formula is C41H45N7O3. The van der Waals surface area contributed by atoms with E-state index in [1.54, 1.807) is 24.3 Å². The van der Waals surface area contributed by atoms with Gasteiger partial charge in [0.25, 0.3) is 0 Å². The third-order valence-corrected chi connectivity index (χ3v) is 8.09. The summed E-state index contributed by atoms with van der Waals surface area (Å²) in [5.41, 5.74) is 5.50. The molecule has 10 nitrogen and oxygen atoms in total. The lowest BCUT2D eigenvalue weighted by Gasteiger charge is -2.24. The Morgan fingerprint density at radius 2 is 0.961 bits per heavy atom. The number of unbranched alkanes of at least 4 members (excludes halogenated alkanes) is 3. The highest BCUT2D eigenvalue weighted by Crippen LogP contribution is 2.35. The van der Waals surface area contributed by atoms with Crippen LogP contribution in [0.2, 0.25) is 0 Å². The Bertz CT molecular complexity index is 1910. The number of carbonyl (C=O) groups excluding carboxylic acids is 1. The third kappa shape index (κ3) is 11.1. The predicted octanol–water partition coefficient (Wildman–Crippen LogP) is 13.8. The van der Waals surface area contributed by atoms with Crippen molar-refractivity contribution in [2.24, 2.45) is 30.7 Å². The second-order valence-electron chi connectivity index (χ2n) is 12.0. The molecule has 262 valence electrons. The second-order valence-corrected chi connectivity index (χ2v) is 12.0. The molecule has 0 unspecified atom stereocenters. The van der Waals surface area contributed by atoms with Crippen LogP contribution in [0.4, 0.5) is 44.6 Å². The van der Waals surface area contributed by atoms with Crippen LogP contribution < -0.4 is 9.64 Å². The summed E-state index contributed by atoms with van der Waals surface area (Å²) in [5.74, 6) is 0.377. The highest BCUT2D eigenvalue weighted by atomic mass is 16.7. The molecule has 5 rings (SSSR count). The number of fused-ring (bicyclic) bond motifs is 1. The molecule has 10 heteroatoms. The van der Waals surface area contributed by atoms with Gasteiger partial charge in [-0.05, 0) is 104 Å². The number of hydrogen-bond donors (Lipinski definition) is 0. The number of rotatable bonds is 17. The van der Waals surface area contributed by atoms with Crippen LogP contribution >= 0.6 is 0 Å². The number of hydrogen-bond acceptors (Lipinski definition) is 10. The van der Waals surface area contributed by atoms with Gasteiger partial charge in [0.1, 0.15) is 5.75 Å². The van der Waals surface area contributed by atoms with Gasteiger partial charge in [-0.2, -0.15) is 20.5 Å². The van der Waals surface area contributed by atoms with Crippen molar-refractivity contribution in [1.29, 1.82) is 0 Å². The first-order chi connectivity index (χ1) is 25.1. The van der Waals surface area contributed by atoms with Crippen molar-refractivity contribution in [3.63, 3.8) is 0 Å². The van der Waals surface area contributed by atoms with Crippen molar-refractivity contribution in [3.05, 3.63) is 109 Å². The molecule has 0 amide bonds. The summed E-state index contributed by atoms with van der Waals surface area (Å²) in [5, 5.41) is 28.6. The Morgan fingerprint density at radius 1 is 0.529 bits per heavy atom. The zero-order valence-corrected chi connectivity index (χ0v) is 29.6. The van der Waals surface area contributed by atoms with Crippen molar-refractivity contribution < 1.29 is 14.3 Å². The molecule has 0 bridgehead atoms. The molecule has 0 atom stereocenters. The minimum absolute atomic E-state index is 0.338. The topological polar surface area (TPSA) is 113 Å². The van der Waals surface area contributed by atoms with Crippen LogP contribution in [0.1, 0.15) is 59.3 Å². The van der Waals surface area contributed by atoms with Gasteiger partial charge in [-0.25, -0.2) is 4.79 Å². The molecular weight excluding hydrogens is 638 g/mol. The molecule has 0 heterocycles. The molecule has 5 aromatic rings. The molecule has 0 aliphatic carbocycles. The van der Waals surface area contributed by atoms with E-state index in [0.29, 0.717) is 35.1 Å². The van der Waals surface area contributed by atoms with E-state index >= 15 is 0 Å². The lowest BCUT2D eigenvalue weighted by Crippen LogP contribution is -2.25. The first-order valence-corrected chi connectivity index (χ1v) is 17.7. The second kappa shape index (κ2) is 19.4. The van der Waals surface area contributed by atoms with Crippen molar-refractivity contribution in [2.75, 3.05) is 24.6 Å². The predicted molar refractivity (Wildman–Crippen MR) is 205 cm³/mol. The Labute approximate surface area is 300 Å². The van der Waals surface area contributed by atoms with Gasteiger partial charge in [0.2, 0.25) is 0 Å². The van der Waals surface area contributed by atoms with Gasteiger partial charge in [0.05, 0.1) is 40.7 Å². The maximum atomic E-state index is 11.8. The fraction of sp³-hybridized carbons (Fsp3) is 0.293. The average molecular weight is 684 g/mol. The van der Waals surface area contributed by atoms with E-state index in [9.17, 15) is 4.79 Å². The van der Waals surface area contributed by atoms with Gasteiger partial charge in [-0.1, -0.05) is 64.3 Å². The van der Waals surface area contributed by atoms with E-state index in [1.807, 2.05) is 79.7 Å². The van der Waals surface area contributed by atoms with Gasteiger partial charge >= 0.3 is 6.16 Å². The first-order valence-electron chi connectivity index (χ1n) is 17.7. The minimum atomic E-state index is -0.718. The highest BCUT2D eigenvalue weighted by molar-refractivity contribution is 5.99. The van der Waals surface area contributed by atoms with Gasteiger partial charge in [-0.3, -0.25) is 0 Å². The van der Waals surface area contributed by atoms with E-state index in [4.69, 9.17) is 9.47 Å². The molecule has 0 saturated heterocycles. The normalized spacial score (nSPS) is 11.6. The summed E-state index contributed by atoms with van der Waals surface area (Å²) < 4.78 is 10.2. The van der Waals surface area contributed by atoms with Crippen molar-refractivity contribution in [3.8, 4) is 5.75 Å². The molecule has 5 aromatic carbocycles. The molecule has 0 aliphatic heterocycles. The number of azo groups is 3. The monoisotopic (exact) mass is 683 g/mol. The van der Waals surface area contributed by atoms with Crippen LogP contribution in [0.25, 0.3) is 10.8 Å². The van der Waals surface area contributed by atoms with E-state index in [2.05, 4.69) is 61.6 Å². The first kappa shape index (κ1) is 36.5. The molecule has 0 spiro atoms. The molecule has 0 aromatic heterocycles. The molecule has 51 heavy (non-hydrogen) atoms. The SMILES string of the molecule is CCCCOC(=O)Oc1ccc(N=Nc2ccc(/N=N\c3ccc(N=Nc4ccc(N(CCCC)CCCC)cc4)cc3)c3ccccc23)cc1. The van der Waals surface area contributed by atoms with Crippen LogP contribution in [0.3, 0.4) is 0 Å². The lowest BCUT2D eigenvalue weighted by molar-refractivity contribution is 0.0978. The van der Waals surface area contributed by atoms with Crippen molar-refractivity contribution in [1.82, 2.24) is 0 Å². The molecule has 0 radical (unpaired) electrons. The Kier molecular flexibility index (Phi) is 13.9. The van der Waals surface area contributed by atoms with Gasteiger partial charge in [0, 0.05) is 29.5 Å². The molecule has 0 aliphatic rings. The van der Waals surface area contributed by atoms with Crippen LogP contribution in [0, 0.1) is 0 Å². The Morgan fingerprint density at radius 3 is 1.43 bits per heavy atom. The summed E-state index contributed by atoms with van der Waals surface area (Å²) in [6.45, 7) is 8.97. The Balaban J connectivity index is 1.20. The van der Waals surface area contributed by atoms with Crippen LogP contribution in [0.5, 0.6) is 5.75 Å². The molecule has 0 fully saturated rings. The standard InChI is InChI=1S/C41H45N7O3/c1-4-7-28-48(29-8-5-2)35-22-18-33(19-23-35)43-42-31-14-16-32(17-15-31)44-46-39-26-27-40(38-13-11-10-12-37(38)39)47-45-34-20-24-36(25-21-34)51-41(49)50-30-9-6-3/h10-27H,4-9,28-30H2,1-3H3/b43-42?,46-44-,47-45?. The quantitative estimate of drug-likeness (QED) is 0.0420. The average Bonchev–Trinajstić information content (AvgIpc) is 3.17. The fourth-order valence-corrected chi connectivity index (χ4v) is 5.17. The smallest absolute Gasteiger partial charge is 0.434 e. The van der Waals surface area contributed by atoms with E-state index < -0.39 is 6.16 Å². The summed E-state index contributed by atoms with van der Waals surface area (Å²) in [6, 6.07) is 34.2. The summed E-state index contributed by atoms with van der Waals surface area (Å²) in [6.07, 6.45) is 5.76. The molecule has 0 saturated carbocycles. The van der Waals surface area contributed by atoms with Crippen LogP contribution in [-0.2, 0) is 4.74 Å².